The van der Waals surface area contributed by atoms with Crippen LogP contribution in [-0.4, -0.2) is 26.3 Å². The summed E-state index contributed by atoms with van der Waals surface area (Å²) in [6.45, 7) is 3.48. The molecule has 0 radical (unpaired) electrons. The molecule has 5 heteroatoms. The zero-order valence-corrected chi connectivity index (χ0v) is 9.30. The third-order valence-electron chi connectivity index (χ3n) is 2.41. The Morgan fingerprint density at radius 1 is 1.31 bits per heavy atom. The molecule has 2 heterocycles. The monoisotopic (exact) mass is 217 g/mol. The highest BCUT2D eigenvalue weighted by Gasteiger charge is 2.12. The quantitative estimate of drug-likeness (QED) is 0.824. The predicted octanol–water partition coefficient (Wildman–Crippen LogP) is 0.861. The zero-order chi connectivity index (χ0) is 11.4. The van der Waals surface area contributed by atoms with E-state index in [0.717, 1.165) is 30.3 Å². The Kier molecular flexibility index (Phi) is 3.26. The number of nitrogens with zero attached hydrogens (tertiary/aromatic N) is 4. The van der Waals surface area contributed by atoms with E-state index in [0.29, 0.717) is 6.54 Å². The Hall–Kier alpha value is -1.75. The van der Waals surface area contributed by atoms with E-state index < -0.39 is 0 Å². The van der Waals surface area contributed by atoms with E-state index in [-0.39, 0.29) is 0 Å². The fourth-order valence-electron chi connectivity index (χ4n) is 1.67. The molecule has 0 unspecified atom stereocenters. The highest BCUT2D eigenvalue weighted by Crippen LogP contribution is 2.15. The molecule has 0 atom stereocenters. The second-order valence-electron chi connectivity index (χ2n) is 3.44. The number of nitrogens with two attached hydrogens (primary N) is 1. The highest BCUT2D eigenvalue weighted by molar-refractivity contribution is 5.48. The lowest BCUT2D eigenvalue weighted by Gasteiger charge is -2.05. The maximum Gasteiger partial charge on any atom is 0.182 e. The van der Waals surface area contributed by atoms with Crippen LogP contribution in [0.1, 0.15) is 12.7 Å². The van der Waals surface area contributed by atoms with E-state index in [2.05, 4.69) is 26.7 Å². The summed E-state index contributed by atoms with van der Waals surface area (Å²) in [6, 6.07) is 5.76. The van der Waals surface area contributed by atoms with E-state index in [1.807, 2.05) is 18.2 Å². The first-order chi connectivity index (χ1) is 7.86. The Morgan fingerprint density at radius 2 is 2.19 bits per heavy atom. The van der Waals surface area contributed by atoms with Gasteiger partial charge in [-0.25, -0.2) is 0 Å². The van der Waals surface area contributed by atoms with Crippen molar-refractivity contribution < 1.29 is 0 Å². The van der Waals surface area contributed by atoms with Crippen LogP contribution in [0.3, 0.4) is 0 Å². The summed E-state index contributed by atoms with van der Waals surface area (Å²) in [5, 5.41) is 8.32. The maximum absolute atomic E-state index is 5.54. The van der Waals surface area contributed by atoms with Gasteiger partial charge in [0.05, 0.1) is 0 Å². The van der Waals surface area contributed by atoms with Gasteiger partial charge >= 0.3 is 0 Å². The predicted molar refractivity (Wildman–Crippen MR) is 61.7 cm³/mol. The number of pyridine rings is 1. The van der Waals surface area contributed by atoms with Crippen LogP contribution in [0.25, 0.3) is 11.5 Å². The van der Waals surface area contributed by atoms with Crippen LogP contribution >= 0.6 is 0 Å². The molecule has 0 aromatic carbocycles. The average Bonchev–Trinajstić information content (AvgIpc) is 2.73. The first-order valence-corrected chi connectivity index (χ1v) is 5.40. The average molecular weight is 217 g/mol. The van der Waals surface area contributed by atoms with Crippen molar-refractivity contribution in [2.75, 3.05) is 6.54 Å². The minimum absolute atomic E-state index is 0.584. The van der Waals surface area contributed by atoms with E-state index in [1.165, 1.54) is 0 Å². The lowest BCUT2D eigenvalue weighted by atomic mass is 10.3. The summed E-state index contributed by atoms with van der Waals surface area (Å²) < 4.78 is 2.05. The summed E-state index contributed by atoms with van der Waals surface area (Å²) in [5.41, 5.74) is 6.38. The van der Waals surface area contributed by atoms with Gasteiger partial charge in [-0.3, -0.25) is 4.98 Å². The molecular formula is C11H15N5. The van der Waals surface area contributed by atoms with Crippen LogP contribution in [0.2, 0.25) is 0 Å². The van der Waals surface area contributed by atoms with Gasteiger partial charge < -0.3 is 10.3 Å². The fraction of sp³-hybridized carbons (Fsp3) is 0.364. The van der Waals surface area contributed by atoms with Gasteiger partial charge in [-0.1, -0.05) is 6.07 Å². The number of hydrogen-bond acceptors (Lipinski definition) is 4. The van der Waals surface area contributed by atoms with E-state index in [1.54, 1.807) is 6.20 Å². The van der Waals surface area contributed by atoms with Gasteiger partial charge in [-0.15, -0.1) is 10.2 Å². The zero-order valence-electron chi connectivity index (χ0n) is 9.30. The Labute approximate surface area is 94.3 Å². The molecule has 2 aromatic rings. The lowest BCUT2D eigenvalue weighted by Crippen LogP contribution is -2.10. The first-order valence-electron chi connectivity index (χ1n) is 5.40. The molecule has 84 valence electrons. The van der Waals surface area contributed by atoms with Crippen LogP contribution in [0.15, 0.2) is 24.4 Å². The number of hydrogen-bond donors (Lipinski definition) is 1. The molecular weight excluding hydrogens is 202 g/mol. The third-order valence-corrected chi connectivity index (χ3v) is 2.41. The van der Waals surface area contributed by atoms with Gasteiger partial charge in [0.15, 0.2) is 5.82 Å². The lowest BCUT2D eigenvalue weighted by molar-refractivity contribution is 0.697. The van der Waals surface area contributed by atoms with E-state index >= 15 is 0 Å². The fourth-order valence-corrected chi connectivity index (χ4v) is 1.67. The van der Waals surface area contributed by atoms with Gasteiger partial charge in [0.1, 0.15) is 11.5 Å². The topological polar surface area (TPSA) is 69.6 Å². The largest absolute Gasteiger partial charge is 0.330 e. The SMILES string of the molecule is CCn1c(CCN)nnc1-c1ccccn1. The van der Waals surface area contributed by atoms with Crippen molar-refractivity contribution in [2.24, 2.45) is 5.73 Å². The molecule has 2 aromatic heterocycles. The minimum atomic E-state index is 0.584. The van der Waals surface area contributed by atoms with Crippen LogP contribution in [0, 0.1) is 0 Å². The Bertz CT molecular complexity index is 449. The van der Waals surface area contributed by atoms with Gasteiger partial charge in [0, 0.05) is 19.2 Å². The first kappa shape index (κ1) is 10.8. The normalized spacial score (nSPS) is 10.6. The molecule has 0 aliphatic rings. The molecule has 0 aliphatic carbocycles. The molecule has 2 rings (SSSR count). The van der Waals surface area contributed by atoms with E-state index in [4.69, 9.17) is 5.73 Å². The molecule has 5 nitrogen and oxygen atoms in total. The maximum atomic E-state index is 5.54. The van der Waals surface area contributed by atoms with Crippen molar-refractivity contribution in [3.63, 3.8) is 0 Å². The molecule has 16 heavy (non-hydrogen) atoms. The Morgan fingerprint density at radius 3 is 2.81 bits per heavy atom. The van der Waals surface area contributed by atoms with E-state index in [9.17, 15) is 0 Å². The summed E-state index contributed by atoms with van der Waals surface area (Å²) in [6.07, 6.45) is 2.50. The second-order valence-corrected chi connectivity index (χ2v) is 3.44. The Balaban J connectivity index is 2.42. The standard InChI is InChI=1S/C11H15N5/c1-2-16-10(6-7-12)14-15-11(16)9-5-3-4-8-13-9/h3-5,8H,2,6-7,12H2,1H3. The van der Waals surface area contributed by atoms with Crippen molar-refractivity contribution >= 4 is 0 Å². The summed E-state index contributed by atoms with van der Waals surface area (Å²) >= 11 is 0. The van der Waals surface area contributed by atoms with Crippen LogP contribution in [-0.2, 0) is 13.0 Å². The number of aromatic nitrogens is 4. The second kappa shape index (κ2) is 4.85. The number of rotatable bonds is 4. The van der Waals surface area contributed by atoms with Crippen molar-refractivity contribution in [2.45, 2.75) is 19.9 Å². The summed E-state index contributed by atoms with van der Waals surface area (Å²) in [4.78, 5) is 4.28. The third kappa shape index (κ3) is 1.94. The molecule has 0 saturated heterocycles. The molecule has 0 spiro atoms. The molecule has 2 N–H and O–H groups in total. The smallest absolute Gasteiger partial charge is 0.182 e. The highest BCUT2D eigenvalue weighted by atomic mass is 15.3. The van der Waals surface area contributed by atoms with Crippen LogP contribution in [0.4, 0.5) is 0 Å². The van der Waals surface area contributed by atoms with Crippen molar-refractivity contribution in [3.8, 4) is 11.5 Å². The van der Waals surface area contributed by atoms with Crippen molar-refractivity contribution in [3.05, 3.63) is 30.2 Å². The summed E-state index contributed by atoms with van der Waals surface area (Å²) in [7, 11) is 0. The molecule has 0 saturated carbocycles. The molecule has 0 aliphatic heterocycles. The van der Waals surface area contributed by atoms with Gasteiger partial charge in [0.2, 0.25) is 0 Å². The minimum Gasteiger partial charge on any atom is -0.330 e. The van der Waals surface area contributed by atoms with Crippen LogP contribution in [0.5, 0.6) is 0 Å². The van der Waals surface area contributed by atoms with Gasteiger partial charge in [-0.2, -0.15) is 0 Å². The van der Waals surface area contributed by atoms with Crippen LogP contribution < -0.4 is 5.73 Å². The molecule has 0 fully saturated rings. The molecule has 0 amide bonds. The molecule has 0 bridgehead atoms. The van der Waals surface area contributed by atoms with Crippen molar-refractivity contribution in [1.82, 2.24) is 19.7 Å². The summed E-state index contributed by atoms with van der Waals surface area (Å²) in [5.74, 6) is 1.73. The van der Waals surface area contributed by atoms with Crippen molar-refractivity contribution in [1.29, 1.82) is 0 Å². The van der Waals surface area contributed by atoms with Gasteiger partial charge in [-0.05, 0) is 25.6 Å². The van der Waals surface area contributed by atoms with Gasteiger partial charge in [0.25, 0.3) is 0 Å².